The maximum absolute atomic E-state index is 13.8. The van der Waals surface area contributed by atoms with Crippen molar-refractivity contribution in [3.63, 3.8) is 0 Å². The van der Waals surface area contributed by atoms with Gasteiger partial charge in [-0.25, -0.2) is 9.37 Å². The van der Waals surface area contributed by atoms with Crippen LogP contribution in [0, 0.1) is 5.82 Å². The Labute approximate surface area is 178 Å². The molecule has 2 aromatic rings. The first-order valence-corrected chi connectivity index (χ1v) is 10.9. The van der Waals surface area contributed by atoms with Gasteiger partial charge in [0.15, 0.2) is 0 Å². The van der Waals surface area contributed by atoms with Crippen LogP contribution < -0.4 is 15.5 Å². The van der Waals surface area contributed by atoms with Crippen LogP contribution in [0.3, 0.4) is 0 Å². The molecule has 2 saturated heterocycles. The first kappa shape index (κ1) is 20.6. The van der Waals surface area contributed by atoms with Crippen LogP contribution in [0.15, 0.2) is 42.6 Å². The summed E-state index contributed by atoms with van der Waals surface area (Å²) in [5.74, 6) is -0.0399. The average molecular weight is 431 g/mol. The summed E-state index contributed by atoms with van der Waals surface area (Å²) in [5.41, 5.74) is 1.48. The van der Waals surface area contributed by atoms with Crippen LogP contribution in [0.2, 0.25) is 0 Å². The number of ether oxygens (including phenoxy) is 1. The molecule has 2 fully saturated rings. The number of carbonyl (C=O) groups excluding carboxylic acids is 2. The molecule has 3 heterocycles. The van der Waals surface area contributed by atoms with E-state index >= 15 is 0 Å². The number of nitrogens with one attached hydrogen (secondary N) is 2. The molecule has 2 N–H and O–H groups in total. The number of halogens is 1. The number of hydrogen-bond donors (Lipinski definition) is 2. The molecular formula is C21H23FN4O3S. The molecule has 0 saturated carbocycles. The molecule has 0 unspecified atom stereocenters. The van der Waals surface area contributed by atoms with E-state index in [0.717, 1.165) is 18.8 Å². The predicted molar refractivity (Wildman–Crippen MR) is 114 cm³/mol. The lowest BCUT2D eigenvalue weighted by atomic mass is 10.1. The number of hydrogen-bond acceptors (Lipinski definition) is 6. The first-order valence-electron chi connectivity index (χ1n) is 9.85. The van der Waals surface area contributed by atoms with Crippen LogP contribution >= 0.6 is 11.8 Å². The molecule has 4 rings (SSSR count). The van der Waals surface area contributed by atoms with Crippen molar-refractivity contribution < 1.29 is 18.7 Å². The van der Waals surface area contributed by atoms with Gasteiger partial charge in [-0.1, -0.05) is 18.2 Å². The summed E-state index contributed by atoms with van der Waals surface area (Å²) in [6.45, 7) is 3.00. The second kappa shape index (κ2) is 9.44. The molecule has 9 heteroatoms. The zero-order valence-corrected chi connectivity index (χ0v) is 17.2. The Bertz CT molecular complexity index is 905. The Balaban J connectivity index is 1.30. The molecule has 2 aliphatic rings. The van der Waals surface area contributed by atoms with E-state index in [-0.39, 0.29) is 17.6 Å². The van der Waals surface area contributed by atoms with Crippen molar-refractivity contribution in [3.8, 4) is 0 Å². The van der Waals surface area contributed by atoms with E-state index < -0.39 is 11.3 Å². The maximum atomic E-state index is 13.8. The van der Waals surface area contributed by atoms with Crippen LogP contribution in [0.1, 0.15) is 5.56 Å². The lowest BCUT2D eigenvalue weighted by Crippen LogP contribution is -2.52. The number of aromatic nitrogens is 1. The molecule has 2 amide bonds. The standard InChI is InChI=1S/C21H23FN4O3S/c22-16-4-2-1-3-14(16)11-18-21(28)24-17(13-30-18)20(27)25-19-6-5-15(12-23-19)26-7-9-29-10-8-26/h1-6,12,17-18H,7-11,13H2,(H,24,28)(H,23,25,27)/t17-,18+/m1/s1. The van der Waals surface area contributed by atoms with Crippen LogP contribution in [0.5, 0.6) is 0 Å². The highest BCUT2D eigenvalue weighted by atomic mass is 32.2. The van der Waals surface area contributed by atoms with Crippen molar-refractivity contribution in [1.29, 1.82) is 0 Å². The van der Waals surface area contributed by atoms with Gasteiger partial charge in [-0.2, -0.15) is 0 Å². The number of benzene rings is 1. The van der Waals surface area contributed by atoms with Gasteiger partial charge in [-0.05, 0) is 30.2 Å². The highest BCUT2D eigenvalue weighted by Gasteiger charge is 2.33. The largest absolute Gasteiger partial charge is 0.378 e. The van der Waals surface area contributed by atoms with Crippen LogP contribution in [0.4, 0.5) is 15.9 Å². The summed E-state index contributed by atoms with van der Waals surface area (Å²) in [7, 11) is 0. The quantitative estimate of drug-likeness (QED) is 0.753. The van der Waals surface area contributed by atoms with Gasteiger partial charge in [0.25, 0.3) is 0 Å². The Morgan fingerprint density at radius 3 is 2.77 bits per heavy atom. The van der Waals surface area contributed by atoms with Gasteiger partial charge in [0, 0.05) is 18.8 Å². The van der Waals surface area contributed by atoms with Crippen molar-refractivity contribution >= 4 is 35.1 Å². The van der Waals surface area contributed by atoms with Crippen molar-refractivity contribution in [1.82, 2.24) is 10.3 Å². The van der Waals surface area contributed by atoms with Crippen LogP contribution in [-0.4, -0.2) is 60.1 Å². The van der Waals surface area contributed by atoms with Gasteiger partial charge in [-0.15, -0.1) is 11.8 Å². The van der Waals surface area contributed by atoms with Gasteiger partial charge in [0.2, 0.25) is 11.8 Å². The SMILES string of the molecule is O=C1N[C@@H](C(=O)Nc2ccc(N3CCOCC3)cn2)CS[C@H]1Cc1ccccc1F. The summed E-state index contributed by atoms with van der Waals surface area (Å²) in [5, 5.41) is 5.08. The molecule has 158 valence electrons. The van der Waals surface area contributed by atoms with Crippen molar-refractivity contribution in [2.24, 2.45) is 0 Å². The zero-order chi connectivity index (χ0) is 20.9. The highest BCUT2D eigenvalue weighted by Crippen LogP contribution is 2.24. The number of anilines is 2. The van der Waals surface area contributed by atoms with Crippen LogP contribution in [-0.2, 0) is 20.7 Å². The Kier molecular flexibility index (Phi) is 6.49. The van der Waals surface area contributed by atoms with Crippen molar-refractivity contribution in [3.05, 3.63) is 54.0 Å². The fourth-order valence-electron chi connectivity index (χ4n) is 3.43. The molecule has 1 aromatic carbocycles. The maximum Gasteiger partial charge on any atom is 0.248 e. The van der Waals surface area contributed by atoms with E-state index in [1.165, 1.54) is 17.8 Å². The van der Waals surface area contributed by atoms with Gasteiger partial charge in [0.05, 0.1) is 30.3 Å². The number of nitrogens with zero attached hydrogens (tertiary/aromatic N) is 2. The molecule has 1 aromatic heterocycles. The molecule has 2 aliphatic heterocycles. The molecular weight excluding hydrogens is 407 g/mol. The van der Waals surface area contributed by atoms with Gasteiger partial charge >= 0.3 is 0 Å². The van der Waals surface area contributed by atoms with Gasteiger partial charge in [-0.3, -0.25) is 9.59 Å². The summed E-state index contributed by atoms with van der Waals surface area (Å²) in [4.78, 5) is 31.5. The summed E-state index contributed by atoms with van der Waals surface area (Å²) >= 11 is 1.36. The van der Waals surface area contributed by atoms with E-state index in [1.54, 1.807) is 30.5 Å². The number of thioether (sulfide) groups is 1. The van der Waals surface area contributed by atoms with E-state index in [9.17, 15) is 14.0 Å². The minimum Gasteiger partial charge on any atom is -0.378 e. The molecule has 0 radical (unpaired) electrons. The number of pyridine rings is 1. The molecule has 2 atom stereocenters. The fourth-order valence-corrected chi connectivity index (χ4v) is 4.61. The summed E-state index contributed by atoms with van der Waals surface area (Å²) < 4.78 is 19.2. The van der Waals surface area contributed by atoms with Gasteiger partial charge < -0.3 is 20.3 Å². The fraction of sp³-hybridized carbons (Fsp3) is 0.381. The lowest BCUT2D eigenvalue weighted by molar-refractivity contribution is -0.126. The highest BCUT2D eigenvalue weighted by molar-refractivity contribution is 8.00. The summed E-state index contributed by atoms with van der Waals surface area (Å²) in [6.07, 6.45) is 2.02. The normalized spacial score (nSPS) is 21.8. The number of morpholine rings is 1. The first-order chi connectivity index (χ1) is 14.6. The Morgan fingerprint density at radius 2 is 2.07 bits per heavy atom. The predicted octanol–water partition coefficient (Wildman–Crippen LogP) is 1.84. The monoisotopic (exact) mass is 430 g/mol. The molecule has 7 nitrogen and oxygen atoms in total. The Morgan fingerprint density at radius 1 is 1.27 bits per heavy atom. The summed E-state index contributed by atoms with van der Waals surface area (Å²) in [6, 6.07) is 9.43. The van der Waals surface area contributed by atoms with Crippen molar-refractivity contribution in [2.75, 3.05) is 42.3 Å². The minimum atomic E-state index is -0.653. The number of rotatable bonds is 5. The van der Waals surface area contributed by atoms with E-state index in [4.69, 9.17) is 4.74 Å². The molecule has 30 heavy (non-hydrogen) atoms. The van der Waals surface area contributed by atoms with E-state index in [1.807, 2.05) is 6.07 Å². The second-order valence-electron chi connectivity index (χ2n) is 7.17. The van der Waals surface area contributed by atoms with E-state index in [2.05, 4.69) is 20.5 Å². The topological polar surface area (TPSA) is 83.6 Å². The molecule has 0 aliphatic carbocycles. The third-order valence-corrected chi connectivity index (χ3v) is 6.44. The second-order valence-corrected chi connectivity index (χ2v) is 8.40. The minimum absolute atomic E-state index is 0.259. The smallest absolute Gasteiger partial charge is 0.248 e. The molecule has 0 bridgehead atoms. The van der Waals surface area contributed by atoms with Crippen LogP contribution in [0.25, 0.3) is 0 Å². The van der Waals surface area contributed by atoms with Gasteiger partial charge in [0.1, 0.15) is 17.7 Å². The third-order valence-electron chi connectivity index (χ3n) is 5.13. The molecule has 0 spiro atoms. The number of carbonyl (C=O) groups is 2. The zero-order valence-electron chi connectivity index (χ0n) is 16.3. The van der Waals surface area contributed by atoms with Crippen molar-refractivity contribution in [2.45, 2.75) is 17.7 Å². The van der Waals surface area contributed by atoms with E-state index in [0.29, 0.717) is 36.8 Å². The lowest BCUT2D eigenvalue weighted by Gasteiger charge is -2.29. The third kappa shape index (κ3) is 4.91. The Hall–Kier alpha value is -2.65. The average Bonchev–Trinajstić information content (AvgIpc) is 2.77. The number of amides is 2.